The maximum absolute atomic E-state index is 11.5. The quantitative estimate of drug-likeness (QED) is 0.419. The third kappa shape index (κ3) is 4.25. The van der Waals surface area contributed by atoms with E-state index >= 15 is 0 Å². The molecule has 0 aromatic rings. The Labute approximate surface area is 133 Å². The molecule has 1 radical (unpaired) electrons. The molecule has 0 aromatic heterocycles. The smallest absolute Gasteiger partial charge is 0.334 e. The van der Waals surface area contributed by atoms with Gasteiger partial charge >= 0.3 is 5.70 Å². The standard InChI is InChI=1S/C10H16N3O3.Pm/c1-3-4-5-12-7-9(14)10(13(15)16)8(12)6-11-2;/h11H,2-7H2,1H3;/q-1;. The molecule has 7 heteroatoms. The summed E-state index contributed by atoms with van der Waals surface area (Å²) in [6, 6.07) is 0. The summed E-state index contributed by atoms with van der Waals surface area (Å²) in [6.45, 7) is 3.09. The molecule has 1 N–H and O–H groups in total. The Bertz CT molecular complexity index is 331. The van der Waals surface area contributed by atoms with Gasteiger partial charge in [-0.15, -0.1) is 0 Å². The van der Waals surface area contributed by atoms with Crippen LogP contribution in [0.15, 0.2) is 11.4 Å². The number of hydrogen-bond acceptors (Lipinski definition) is 5. The predicted molar refractivity (Wildman–Crippen MR) is 58.9 cm³/mol. The minimum absolute atomic E-state index is 0. The molecule has 1 rings (SSSR count). The van der Waals surface area contributed by atoms with Crippen molar-refractivity contribution in [3.63, 3.8) is 0 Å². The first-order valence-electron chi connectivity index (χ1n) is 5.27. The second-order valence-corrected chi connectivity index (χ2v) is 3.68. The molecular weight excluding hydrogens is 355 g/mol. The molecule has 0 saturated carbocycles. The third-order valence-electron chi connectivity index (χ3n) is 2.51. The number of nitro groups is 1. The molecule has 0 saturated heterocycles. The Kier molecular flexibility index (Phi) is 8.04. The van der Waals surface area contributed by atoms with Gasteiger partial charge in [-0.1, -0.05) is 13.3 Å². The van der Waals surface area contributed by atoms with E-state index in [1.165, 1.54) is 0 Å². The molecule has 0 atom stereocenters. The van der Waals surface area contributed by atoms with Gasteiger partial charge in [0.15, 0.2) is 0 Å². The molecule has 0 fully saturated rings. The van der Waals surface area contributed by atoms with Crippen LogP contribution in [0.1, 0.15) is 19.8 Å². The average Bonchev–Trinajstić information content (AvgIpc) is 2.52. The second kappa shape index (κ2) is 8.09. The first-order valence-corrected chi connectivity index (χ1v) is 5.27. The van der Waals surface area contributed by atoms with E-state index in [1.54, 1.807) is 4.90 Å². The van der Waals surface area contributed by atoms with Crippen molar-refractivity contribution in [3.8, 4) is 0 Å². The van der Waals surface area contributed by atoms with Gasteiger partial charge < -0.3 is 10.2 Å². The fourth-order valence-electron chi connectivity index (χ4n) is 1.74. The number of carbonyl (C=O) groups excluding carboxylic acids is 1. The van der Waals surface area contributed by atoms with E-state index < -0.39 is 10.7 Å². The first kappa shape index (κ1) is 16.9. The number of Topliss-reactive ketones (excluding diaryl/α,β-unsaturated/α-hetero) is 1. The SMILES string of the molecule is [CH2-]NCC1=C([N+](=O)[O-])C(=O)CN1CCCC.[Pm]. The fourth-order valence-corrected chi connectivity index (χ4v) is 1.74. The van der Waals surface area contributed by atoms with Crippen LogP contribution in [-0.4, -0.2) is 35.2 Å². The predicted octanol–water partition coefficient (Wildman–Crippen LogP) is 0.541. The largest absolute Gasteiger partial charge is 0.468 e. The van der Waals surface area contributed by atoms with E-state index in [2.05, 4.69) is 12.4 Å². The van der Waals surface area contributed by atoms with Crippen LogP contribution >= 0.6 is 0 Å². The summed E-state index contributed by atoms with van der Waals surface area (Å²) >= 11 is 0. The van der Waals surface area contributed by atoms with Crippen LogP contribution in [0.25, 0.3) is 0 Å². The summed E-state index contributed by atoms with van der Waals surface area (Å²) in [5.41, 5.74) is 0.172. The molecule has 0 unspecified atom stereocenters. The fraction of sp³-hybridized carbons (Fsp3) is 0.600. The summed E-state index contributed by atoms with van der Waals surface area (Å²) in [6.07, 6.45) is 1.91. The van der Waals surface area contributed by atoms with Crippen molar-refractivity contribution in [2.24, 2.45) is 0 Å². The van der Waals surface area contributed by atoms with Gasteiger partial charge in [-0.3, -0.25) is 22.0 Å². The van der Waals surface area contributed by atoms with Gasteiger partial charge in [0.25, 0.3) is 5.78 Å². The van der Waals surface area contributed by atoms with Crippen LogP contribution < -0.4 is 5.32 Å². The minimum atomic E-state index is -0.596. The summed E-state index contributed by atoms with van der Waals surface area (Å²) in [4.78, 5) is 23.4. The molecule has 0 aliphatic carbocycles. The first-order chi connectivity index (χ1) is 7.61. The van der Waals surface area contributed by atoms with Crippen LogP contribution in [0.5, 0.6) is 0 Å². The zero-order valence-corrected chi connectivity index (χ0v) is 12.7. The topological polar surface area (TPSA) is 75.5 Å². The van der Waals surface area contributed by atoms with Crippen LogP contribution in [-0.2, 0) is 4.79 Å². The molecule has 0 aromatic carbocycles. The van der Waals surface area contributed by atoms with Crippen molar-refractivity contribution < 1.29 is 50.1 Å². The Balaban J connectivity index is 0.00000256. The van der Waals surface area contributed by atoms with E-state index in [9.17, 15) is 14.9 Å². The number of unbranched alkanes of at least 4 members (excludes halogenated alkanes) is 1. The number of rotatable bonds is 6. The van der Waals surface area contributed by atoms with Gasteiger partial charge in [-0.25, -0.2) is 0 Å². The minimum Gasteiger partial charge on any atom is -0.468 e. The van der Waals surface area contributed by atoms with Crippen LogP contribution in [0, 0.1) is 57.6 Å². The zero-order valence-electron chi connectivity index (χ0n) is 9.81. The molecule has 1 aliphatic heterocycles. The summed E-state index contributed by atoms with van der Waals surface area (Å²) < 4.78 is 0. The van der Waals surface area contributed by atoms with Gasteiger partial charge in [-0.2, -0.15) is 0 Å². The maximum atomic E-state index is 11.5. The summed E-state index contributed by atoms with van der Waals surface area (Å²) in [5, 5.41) is 13.4. The molecule has 95 valence electrons. The maximum Gasteiger partial charge on any atom is 0.334 e. The van der Waals surface area contributed by atoms with Crippen LogP contribution in [0.3, 0.4) is 0 Å². The normalized spacial score (nSPS) is 15.2. The Morgan fingerprint density at radius 2 is 2.24 bits per heavy atom. The molecular formula is C10H16N3O3Pm-. The number of nitrogens with one attached hydrogen (secondary N) is 1. The van der Waals surface area contributed by atoms with Crippen LogP contribution in [0.2, 0.25) is 0 Å². The van der Waals surface area contributed by atoms with E-state index in [1.807, 2.05) is 6.92 Å². The molecule has 0 spiro atoms. The van der Waals surface area contributed by atoms with E-state index in [0.29, 0.717) is 12.2 Å². The number of ketones is 1. The van der Waals surface area contributed by atoms with Crippen LogP contribution in [0.4, 0.5) is 0 Å². The van der Waals surface area contributed by atoms with Crippen molar-refractivity contribution in [1.82, 2.24) is 10.2 Å². The van der Waals surface area contributed by atoms with Crippen molar-refractivity contribution >= 4 is 5.78 Å². The third-order valence-corrected chi connectivity index (χ3v) is 2.51. The zero-order chi connectivity index (χ0) is 12.1. The molecule has 6 nitrogen and oxygen atoms in total. The monoisotopic (exact) mass is 371 g/mol. The Morgan fingerprint density at radius 3 is 2.71 bits per heavy atom. The van der Waals surface area contributed by atoms with Crippen molar-refractivity contribution in [2.75, 3.05) is 19.6 Å². The van der Waals surface area contributed by atoms with E-state index in [-0.39, 0.29) is 59.2 Å². The Morgan fingerprint density at radius 1 is 1.59 bits per heavy atom. The van der Waals surface area contributed by atoms with Gasteiger partial charge in [-0.05, 0) is 6.42 Å². The van der Waals surface area contributed by atoms with Gasteiger partial charge in [0.1, 0.15) is 5.70 Å². The second-order valence-electron chi connectivity index (χ2n) is 3.68. The molecule has 17 heavy (non-hydrogen) atoms. The number of carbonyl (C=O) groups is 1. The molecule has 0 bridgehead atoms. The average molecular weight is 371 g/mol. The van der Waals surface area contributed by atoms with Gasteiger partial charge in [0.2, 0.25) is 0 Å². The summed E-state index contributed by atoms with van der Waals surface area (Å²) in [5.74, 6) is -0.411. The number of hydrogen-bond donors (Lipinski definition) is 1. The van der Waals surface area contributed by atoms with E-state index in [4.69, 9.17) is 0 Å². The summed E-state index contributed by atoms with van der Waals surface area (Å²) in [7, 11) is 3.44. The van der Waals surface area contributed by atoms with Crippen molar-refractivity contribution in [1.29, 1.82) is 0 Å². The van der Waals surface area contributed by atoms with Crippen molar-refractivity contribution in [3.05, 3.63) is 28.6 Å². The van der Waals surface area contributed by atoms with Crippen molar-refractivity contribution in [2.45, 2.75) is 19.8 Å². The van der Waals surface area contributed by atoms with E-state index in [0.717, 1.165) is 12.8 Å². The number of nitrogens with zero attached hydrogens (tertiary/aromatic N) is 2. The van der Waals surface area contributed by atoms with Gasteiger partial charge in [0, 0.05) is 53.5 Å². The Hall–Kier alpha value is -0.0923. The molecule has 1 heterocycles. The van der Waals surface area contributed by atoms with Gasteiger partial charge in [0.05, 0.1) is 11.5 Å². The molecule has 0 amide bonds. The molecule has 1 aliphatic rings.